The second kappa shape index (κ2) is 6.55. The van der Waals surface area contributed by atoms with Gasteiger partial charge in [0.15, 0.2) is 0 Å². The molecule has 2 amide bonds. The van der Waals surface area contributed by atoms with Crippen molar-refractivity contribution in [1.29, 1.82) is 0 Å². The molecule has 0 saturated carbocycles. The van der Waals surface area contributed by atoms with Gasteiger partial charge in [0, 0.05) is 25.2 Å². The minimum atomic E-state index is -0.222. The van der Waals surface area contributed by atoms with Crippen LogP contribution in [0.25, 0.3) is 0 Å². The number of amides is 2. The summed E-state index contributed by atoms with van der Waals surface area (Å²) in [4.78, 5) is 25.8. The van der Waals surface area contributed by atoms with E-state index in [0.29, 0.717) is 13.0 Å². The van der Waals surface area contributed by atoms with Gasteiger partial charge >= 0.3 is 0 Å². The molecule has 1 aliphatic rings. The lowest BCUT2D eigenvalue weighted by molar-refractivity contribution is -0.128. The third-order valence-electron chi connectivity index (χ3n) is 3.69. The first-order chi connectivity index (χ1) is 9.60. The molecule has 1 N–H and O–H groups in total. The molecule has 108 valence electrons. The van der Waals surface area contributed by atoms with Crippen molar-refractivity contribution in [3.05, 3.63) is 29.8 Å². The molecule has 1 aromatic carbocycles. The van der Waals surface area contributed by atoms with Gasteiger partial charge in [0.1, 0.15) is 0 Å². The molecule has 1 saturated heterocycles. The Hall–Kier alpha value is -1.84. The van der Waals surface area contributed by atoms with Crippen molar-refractivity contribution in [2.75, 3.05) is 18.4 Å². The molecular formula is C16H22N2O2. The van der Waals surface area contributed by atoms with Crippen LogP contribution in [-0.4, -0.2) is 29.8 Å². The molecule has 0 aromatic heterocycles. The molecule has 0 aliphatic carbocycles. The molecule has 1 fully saturated rings. The SMILES string of the molecule is CCCCN1C[C@H](C(=O)Nc2ccc(C)cc2)CC1=O. The van der Waals surface area contributed by atoms with Crippen molar-refractivity contribution in [2.45, 2.75) is 33.1 Å². The average Bonchev–Trinajstić information content (AvgIpc) is 2.80. The average molecular weight is 274 g/mol. The fraction of sp³-hybridized carbons (Fsp3) is 0.500. The van der Waals surface area contributed by atoms with Crippen LogP contribution in [0.2, 0.25) is 0 Å². The van der Waals surface area contributed by atoms with Crippen LogP contribution in [0.5, 0.6) is 0 Å². The number of anilines is 1. The number of unbranched alkanes of at least 4 members (excludes halogenated alkanes) is 1. The molecule has 2 rings (SSSR count). The molecule has 1 atom stereocenters. The van der Waals surface area contributed by atoms with Gasteiger partial charge in [0.05, 0.1) is 5.92 Å². The number of nitrogens with zero attached hydrogens (tertiary/aromatic N) is 1. The van der Waals surface area contributed by atoms with Crippen molar-refractivity contribution in [2.24, 2.45) is 5.92 Å². The second-order valence-electron chi connectivity index (χ2n) is 5.45. The number of benzene rings is 1. The van der Waals surface area contributed by atoms with Crippen LogP contribution in [0, 0.1) is 12.8 Å². The summed E-state index contributed by atoms with van der Waals surface area (Å²) >= 11 is 0. The number of carbonyl (C=O) groups is 2. The van der Waals surface area contributed by atoms with Gasteiger partial charge in [-0.3, -0.25) is 9.59 Å². The minimum absolute atomic E-state index is 0.0544. The number of likely N-dealkylation sites (tertiary alicyclic amines) is 1. The normalized spacial score (nSPS) is 18.4. The Kier molecular flexibility index (Phi) is 4.77. The summed E-state index contributed by atoms with van der Waals surface area (Å²) in [7, 11) is 0. The maximum absolute atomic E-state index is 12.2. The second-order valence-corrected chi connectivity index (χ2v) is 5.45. The summed E-state index contributed by atoms with van der Waals surface area (Å²) < 4.78 is 0. The molecular weight excluding hydrogens is 252 g/mol. The van der Waals surface area contributed by atoms with Crippen LogP contribution in [0.15, 0.2) is 24.3 Å². The van der Waals surface area contributed by atoms with E-state index < -0.39 is 0 Å². The Bertz CT molecular complexity index is 482. The molecule has 0 radical (unpaired) electrons. The lowest BCUT2D eigenvalue weighted by atomic mass is 10.1. The first kappa shape index (κ1) is 14.6. The van der Waals surface area contributed by atoms with Gasteiger partial charge in [-0.1, -0.05) is 31.0 Å². The van der Waals surface area contributed by atoms with Crippen molar-refractivity contribution in [1.82, 2.24) is 4.90 Å². The predicted octanol–water partition coefficient (Wildman–Crippen LogP) is 2.58. The smallest absolute Gasteiger partial charge is 0.229 e. The Morgan fingerprint density at radius 1 is 1.35 bits per heavy atom. The molecule has 1 aromatic rings. The Morgan fingerprint density at radius 3 is 2.70 bits per heavy atom. The highest BCUT2D eigenvalue weighted by Crippen LogP contribution is 2.20. The number of hydrogen-bond donors (Lipinski definition) is 1. The largest absolute Gasteiger partial charge is 0.342 e. The van der Waals surface area contributed by atoms with Crippen LogP contribution in [0.3, 0.4) is 0 Å². The van der Waals surface area contributed by atoms with Crippen LogP contribution in [-0.2, 0) is 9.59 Å². The van der Waals surface area contributed by atoms with Gasteiger partial charge in [-0.25, -0.2) is 0 Å². The molecule has 0 bridgehead atoms. The predicted molar refractivity (Wildman–Crippen MR) is 79.4 cm³/mol. The number of nitrogens with one attached hydrogen (secondary N) is 1. The fourth-order valence-electron chi connectivity index (χ4n) is 2.39. The Balaban J connectivity index is 1.90. The highest BCUT2D eigenvalue weighted by Gasteiger charge is 2.33. The number of hydrogen-bond acceptors (Lipinski definition) is 2. The van der Waals surface area contributed by atoms with Crippen molar-refractivity contribution < 1.29 is 9.59 Å². The van der Waals surface area contributed by atoms with Gasteiger partial charge in [-0.2, -0.15) is 0 Å². The van der Waals surface area contributed by atoms with Crippen LogP contribution < -0.4 is 5.32 Å². The third-order valence-corrected chi connectivity index (χ3v) is 3.69. The van der Waals surface area contributed by atoms with Crippen molar-refractivity contribution >= 4 is 17.5 Å². The molecule has 4 heteroatoms. The van der Waals surface area contributed by atoms with E-state index in [2.05, 4.69) is 12.2 Å². The number of aryl methyl sites for hydroxylation is 1. The van der Waals surface area contributed by atoms with Gasteiger partial charge < -0.3 is 10.2 Å². The zero-order valence-electron chi connectivity index (χ0n) is 12.2. The molecule has 1 aliphatic heterocycles. The van der Waals surface area contributed by atoms with Crippen LogP contribution >= 0.6 is 0 Å². The van der Waals surface area contributed by atoms with Crippen molar-refractivity contribution in [3.8, 4) is 0 Å². The highest BCUT2D eigenvalue weighted by molar-refractivity contribution is 5.97. The minimum Gasteiger partial charge on any atom is -0.342 e. The van der Waals surface area contributed by atoms with E-state index in [1.807, 2.05) is 36.1 Å². The van der Waals surface area contributed by atoms with E-state index in [0.717, 1.165) is 30.6 Å². The van der Waals surface area contributed by atoms with E-state index in [1.165, 1.54) is 0 Å². The van der Waals surface area contributed by atoms with E-state index in [4.69, 9.17) is 0 Å². The summed E-state index contributed by atoms with van der Waals surface area (Å²) in [5.41, 5.74) is 1.95. The maximum Gasteiger partial charge on any atom is 0.229 e. The zero-order valence-corrected chi connectivity index (χ0v) is 12.2. The maximum atomic E-state index is 12.2. The summed E-state index contributed by atoms with van der Waals surface area (Å²) in [6, 6.07) is 7.70. The van der Waals surface area contributed by atoms with E-state index in [1.54, 1.807) is 0 Å². The molecule has 20 heavy (non-hydrogen) atoms. The van der Waals surface area contributed by atoms with Crippen LogP contribution in [0.1, 0.15) is 31.7 Å². The summed E-state index contributed by atoms with van der Waals surface area (Å²) in [6.45, 7) is 5.43. The van der Waals surface area contributed by atoms with Gasteiger partial charge in [-0.15, -0.1) is 0 Å². The number of carbonyl (C=O) groups excluding carboxylic acids is 2. The summed E-state index contributed by atoms with van der Waals surface area (Å²) in [5, 5.41) is 2.89. The van der Waals surface area contributed by atoms with Crippen LogP contribution in [0.4, 0.5) is 5.69 Å². The van der Waals surface area contributed by atoms with E-state index in [-0.39, 0.29) is 17.7 Å². The van der Waals surface area contributed by atoms with Gasteiger partial charge in [-0.05, 0) is 25.5 Å². The van der Waals surface area contributed by atoms with E-state index in [9.17, 15) is 9.59 Å². The molecule has 0 spiro atoms. The van der Waals surface area contributed by atoms with Crippen molar-refractivity contribution in [3.63, 3.8) is 0 Å². The topological polar surface area (TPSA) is 49.4 Å². The standard InChI is InChI=1S/C16H22N2O2/c1-3-4-9-18-11-13(10-15(18)19)16(20)17-14-7-5-12(2)6-8-14/h5-8,13H,3-4,9-11H2,1-2H3,(H,17,20)/t13-/m1/s1. The third kappa shape index (κ3) is 3.59. The zero-order chi connectivity index (χ0) is 14.5. The number of rotatable bonds is 5. The lowest BCUT2D eigenvalue weighted by Gasteiger charge is -2.16. The van der Waals surface area contributed by atoms with Gasteiger partial charge in [0.2, 0.25) is 11.8 Å². The Labute approximate surface area is 120 Å². The molecule has 0 unspecified atom stereocenters. The van der Waals surface area contributed by atoms with E-state index >= 15 is 0 Å². The first-order valence-electron chi connectivity index (χ1n) is 7.25. The molecule has 1 heterocycles. The first-order valence-corrected chi connectivity index (χ1v) is 7.25. The summed E-state index contributed by atoms with van der Waals surface area (Å²) in [5.74, 6) is -0.177. The Morgan fingerprint density at radius 2 is 2.05 bits per heavy atom. The molecule has 4 nitrogen and oxygen atoms in total. The van der Waals surface area contributed by atoms with Gasteiger partial charge in [0.25, 0.3) is 0 Å². The highest BCUT2D eigenvalue weighted by atomic mass is 16.2. The lowest BCUT2D eigenvalue weighted by Crippen LogP contribution is -2.29. The monoisotopic (exact) mass is 274 g/mol. The summed E-state index contributed by atoms with van der Waals surface area (Å²) in [6.07, 6.45) is 2.39. The quantitative estimate of drug-likeness (QED) is 0.897. The fourth-order valence-corrected chi connectivity index (χ4v) is 2.39.